The molecular weight excluding hydrogens is 236 g/mol. The maximum atomic E-state index is 5.17. The van der Waals surface area contributed by atoms with Gasteiger partial charge in [-0.15, -0.1) is 0 Å². The number of rotatable bonds is 6. The zero-order valence-corrected chi connectivity index (χ0v) is 11.4. The van der Waals surface area contributed by atoms with Crippen LogP contribution in [0.1, 0.15) is 12.6 Å². The van der Waals surface area contributed by atoms with Gasteiger partial charge in [0.1, 0.15) is 0 Å². The third kappa shape index (κ3) is 5.14. The van der Waals surface area contributed by atoms with Crippen LogP contribution in [0, 0.1) is 0 Å². The van der Waals surface area contributed by atoms with E-state index in [4.69, 9.17) is 17.0 Å². The molecule has 0 aliphatic rings. The molecular formula is C11H20N4OS. The summed E-state index contributed by atoms with van der Waals surface area (Å²) in [6.07, 6.45) is 2.70. The molecule has 0 aliphatic heterocycles. The minimum atomic E-state index is 0.219. The maximum absolute atomic E-state index is 5.17. The van der Waals surface area contributed by atoms with Crippen LogP contribution in [0.4, 0.5) is 0 Å². The molecule has 2 N–H and O–H groups in total. The van der Waals surface area contributed by atoms with Crippen molar-refractivity contribution in [2.24, 2.45) is 7.05 Å². The van der Waals surface area contributed by atoms with Crippen molar-refractivity contribution in [3.8, 4) is 0 Å². The van der Waals surface area contributed by atoms with E-state index < -0.39 is 0 Å². The van der Waals surface area contributed by atoms with E-state index in [-0.39, 0.29) is 6.04 Å². The lowest BCUT2D eigenvalue weighted by molar-refractivity contribution is 0.179. The molecule has 1 unspecified atom stereocenters. The van der Waals surface area contributed by atoms with Gasteiger partial charge in [0.25, 0.3) is 0 Å². The van der Waals surface area contributed by atoms with Crippen molar-refractivity contribution in [1.29, 1.82) is 0 Å². The summed E-state index contributed by atoms with van der Waals surface area (Å²) in [5, 5.41) is 11.1. The molecule has 1 aromatic heterocycles. The van der Waals surface area contributed by atoms with Gasteiger partial charge in [0.05, 0.1) is 6.61 Å². The van der Waals surface area contributed by atoms with Gasteiger partial charge in [0.15, 0.2) is 5.11 Å². The van der Waals surface area contributed by atoms with Crippen LogP contribution in [0.3, 0.4) is 0 Å². The zero-order chi connectivity index (χ0) is 12.7. The molecule has 96 valence electrons. The Bertz CT molecular complexity index is 353. The topological polar surface area (TPSA) is 51.1 Å². The van der Waals surface area contributed by atoms with Crippen LogP contribution in [0.25, 0.3) is 0 Å². The summed E-state index contributed by atoms with van der Waals surface area (Å²) in [5.41, 5.74) is 1.19. The van der Waals surface area contributed by atoms with Gasteiger partial charge < -0.3 is 15.4 Å². The largest absolute Gasteiger partial charge is 0.383 e. The molecule has 0 saturated carbocycles. The lowest BCUT2D eigenvalue weighted by atomic mass is 10.3. The smallest absolute Gasteiger partial charge is 0.166 e. The molecule has 1 heterocycles. The average Bonchev–Trinajstić information content (AvgIpc) is 2.64. The van der Waals surface area contributed by atoms with Crippen LogP contribution in [-0.2, 0) is 18.2 Å². The molecule has 0 fully saturated rings. The van der Waals surface area contributed by atoms with Gasteiger partial charge in [-0.05, 0) is 25.2 Å². The molecule has 0 bridgehead atoms. The number of aromatic nitrogens is 2. The maximum Gasteiger partial charge on any atom is 0.166 e. The van der Waals surface area contributed by atoms with Crippen LogP contribution in [-0.4, -0.2) is 41.2 Å². The first kappa shape index (κ1) is 13.9. The number of thiocarbonyl (C=S) groups is 1. The lowest BCUT2D eigenvalue weighted by Gasteiger charge is -2.16. The Morgan fingerprint density at radius 2 is 2.41 bits per heavy atom. The second kappa shape index (κ2) is 7.24. The Balaban J connectivity index is 2.18. The number of methoxy groups -OCH3 is 1. The number of ether oxygens (including phenoxy) is 1. The van der Waals surface area contributed by atoms with Gasteiger partial charge in [-0.1, -0.05) is 0 Å². The van der Waals surface area contributed by atoms with Crippen LogP contribution < -0.4 is 10.6 Å². The Kier molecular flexibility index (Phi) is 5.93. The molecule has 0 amide bonds. The summed E-state index contributed by atoms with van der Waals surface area (Å²) >= 11 is 5.17. The molecule has 6 heteroatoms. The highest BCUT2D eigenvalue weighted by Gasteiger charge is 2.03. The molecule has 5 nitrogen and oxygen atoms in total. The number of hydrogen-bond donors (Lipinski definition) is 2. The third-order valence-electron chi connectivity index (χ3n) is 2.38. The van der Waals surface area contributed by atoms with E-state index in [1.807, 2.05) is 24.7 Å². The fraction of sp³-hybridized carbons (Fsp3) is 0.636. The third-order valence-corrected chi connectivity index (χ3v) is 2.65. The fourth-order valence-corrected chi connectivity index (χ4v) is 1.82. The summed E-state index contributed by atoms with van der Waals surface area (Å²) in [7, 11) is 3.61. The second-order valence-electron chi connectivity index (χ2n) is 3.95. The summed E-state index contributed by atoms with van der Waals surface area (Å²) in [4.78, 5) is 0. The van der Waals surface area contributed by atoms with Gasteiger partial charge in [-0.2, -0.15) is 5.10 Å². The second-order valence-corrected chi connectivity index (χ2v) is 4.36. The van der Waals surface area contributed by atoms with Crippen molar-refractivity contribution in [3.63, 3.8) is 0 Å². The summed E-state index contributed by atoms with van der Waals surface area (Å²) < 4.78 is 6.89. The average molecular weight is 256 g/mol. The van der Waals surface area contributed by atoms with Crippen LogP contribution >= 0.6 is 12.2 Å². The van der Waals surface area contributed by atoms with Crippen molar-refractivity contribution in [2.45, 2.75) is 19.4 Å². The highest BCUT2D eigenvalue weighted by Crippen LogP contribution is 1.95. The van der Waals surface area contributed by atoms with Gasteiger partial charge in [-0.25, -0.2) is 0 Å². The molecule has 17 heavy (non-hydrogen) atoms. The van der Waals surface area contributed by atoms with Crippen molar-refractivity contribution in [1.82, 2.24) is 20.4 Å². The first-order valence-corrected chi connectivity index (χ1v) is 6.04. The molecule has 1 atom stereocenters. The SMILES string of the molecule is COCC(C)NC(=S)NCCc1ccnn1C. The molecule has 0 aliphatic carbocycles. The van der Waals surface area contributed by atoms with Crippen LogP contribution in [0.5, 0.6) is 0 Å². The Labute approximate surface area is 108 Å². The minimum absolute atomic E-state index is 0.219. The first-order valence-electron chi connectivity index (χ1n) is 5.63. The minimum Gasteiger partial charge on any atom is -0.383 e. The van der Waals surface area contributed by atoms with Crippen LogP contribution in [0.15, 0.2) is 12.3 Å². The van der Waals surface area contributed by atoms with Gasteiger partial charge >= 0.3 is 0 Å². The number of nitrogens with one attached hydrogen (secondary N) is 2. The molecule has 0 radical (unpaired) electrons. The molecule has 0 spiro atoms. The number of nitrogens with zero attached hydrogens (tertiary/aromatic N) is 2. The van der Waals surface area contributed by atoms with Crippen molar-refractivity contribution >= 4 is 17.3 Å². The summed E-state index contributed by atoms with van der Waals surface area (Å²) in [6, 6.07) is 2.22. The van der Waals surface area contributed by atoms with E-state index in [0.29, 0.717) is 11.7 Å². The number of hydrogen-bond acceptors (Lipinski definition) is 3. The van der Waals surface area contributed by atoms with E-state index in [0.717, 1.165) is 13.0 Å². The monoisotopic (exact) mass is 256 g/mol. The molecule has 0 saturated heterocycles. The lowest BCUT2D eigenvalue weighted by Crippen LogP contribution is -2.43. The van der Waals surface area contributed by atoms with E-state index in [9.17, 15) is 0 Å². The van der Waals surface area contributed by atoms with Crippen molar-refractivity contribution in [2.75, 3.05) is 20.3 Å². The predicted octanol–water partition coefficient (Wildman–Crippen LogP) is 0.462. The highest BCUT2D eigenvalue weighted by atomic mass is 32.1. The van der Waals surface area contributed by atoms with Gasteiger partial charge in [-0.3, -0.25) is 4.68 Å². The fourth-order valence-electron chi connectivity index (χ4n) is 1.52. The van der Waals surface area contributed by atoms with Gasteiger partial charge in [0.2, 0.25) is 0 Å². The van der Waals surface area contributed by atoms with Gasteiger partial charge in [0, 0.05) is 45.1 Å². The summed E-state index contributed by atoms with van der Waals surface area (Å²) in [5.74, 6) is 0. The Hall–Kier alpha value is -1.14. The zero-order valence-electron chi connectivity index (χ0n) is 10.6. The predicted molar refractivity (Wildman–Crippen MR) is 72.0 cm³/mol. The Morgan fingerprint density at radius 1 is 1.65 bits per heavy atom. The standard InChI is InChI=1S/C11H20N4OS/c1-9(8-16-3)14-11(17)12-6-4-10-5-7-13-15(10)2/h5,7,9H,4,6,8H2,1-3H3,(H2,12,14,17). The van der Waals surface area contributed by atoms with E-state index in [1.165, 1.54) is 5.69 Å². The molecule has 0 aromatic carbocycles. The van der Waals surface area contributed by atoms with Crippen molar-refractivity contribution < 1.29 is 4.74 Å². The van der Waals surface area contributed by atoms with Crippen molar-refractivity contribution in [3.05, 3.63) is 18.0 Å². The molecule has 1 rings (SSSR count). The molecule has 1 aromatic rings. The highest BCUT2D eigenvalue weighted by molar-refractivity contribution is 7.80. The van der Waals surface area contributed by atoms with Crippen LogP contribution in [0.2, 0.25) is 0 Å². The normalized spacial score (nSPS) is 12.2. The number of aryl methyl sites for hydroxylation is 1. The van der Waals surface area contributed by atoms with E-state index in [2.05, 4.69) is 15.7 Å². The van der Waals surface area contributed by atoms with E-state index >= 15 is 0 Å². The first-order chi connectivity index (χ1) is 8.13. The van der Waals surface area contributed by atoms with E-state index in [1.54, 1.807) is 13.3 Å². The Morgan fingerprint density at radius 3 is 3.00 bits per heavy atom. The quantitative estimate of drug-likeness (QED) is 0.724. The summed E-state index contributed by atoms with van der Waals surface area (Å²) in [6.45, 7) is 3.47.